The lowest BCUT2D eigenvalue weighted by atomic mass is 10.2. The maximum Gasteiger partial charge on any atom is 0.157 e. The zero-order chi connectivity index (χ0) is 12.9. The molecule has 3 nitrogen and oxygen atoms in total. The fraction of sp³-hybridized carbons (Fsp3) is 0.733. The summed E-state index contributed by atoms with van der Waals surface area (Å²) in [6.07, 6.45) is 15.7. The first-order valence-corrected chi connectivity index (χ1v) is 7.07. The maximum absolute atomic E-state index is 8.58. The summed E-state index contributed by atoms with van der Waals surface area (Å²) in [6, 6.07) is 0. The van der Waals surface area contributed by atoms with Crippen LogP contribution in [0.4, 0.5) is 0 Å². The van der Waals surface area contributed by atoms with Crippen molar-refractivity contribution in [2.45, 2.75) is 51.2 Å². The average molecular weight is 254 g/mol. The highest BCUT2D eigenvalue weighted by Gasteiger charge is 2.12. The number of unbranched alkanes of at least 4 members (excludes halogenated alkanes) is 1. The van der Waals surface area contributed by atoms with Crippen LogP contribution >= 0.6 is 0 Å². The van der Waals surface area contributed by atoms with Gasteiger partial charge in [0.05, 0.1) is 6.61 Å². The van der Waals surface area contributed by atoms with Crippen molar-refractivity contribution in [2.24, 2.45) is 0 Å². The maximum atomic E-state index is 8.58. The molecule has 0 radical (unpaired) electrons. The van der Waals surface area contributed by atoms with Crippen LogP contribution in [0.5, 0.6) is 0 Å². The van der Waals surface area contributed by atoms with Crippen LogP contribution in [0.15, 0.2) is 24.3 Å². The smallest absolute Gasteiger partial charge is 0.157 e. The van der Waals surface area contributed by atoms with Gasteiger partial charge in [0.2, 0.25) is 0 Å². The van der Waals surface area contributed by atoms with E-state index >= 15 is 0 Å². The van der Waals surface area contributed by atoms with Crippen molar-refractivity contribution in [2.75, 3.05) is 19.8 Å². The highest BCUT2D eigenvalue weighted by atomic mass is 16.7. The van der Waals surface area contributed by atoms with Crippen molar-refractivity contribution in [1.29, 1.82) is 0 Å². The van der Waals surface area contributed by atoms with Gasteiger partial charge in [-0.05, 0) is 44.9 Å². The Hall–Kier alpha value is -0.640. The van der Waals surface area contributed by atoms with Crippen LogP contribution in [-0.4, -0.2) is 31.2 Å². The van der Waals surface area contributed by atoms with Gasteiger partial charge in [0.25, 0.3) is 0 Å². The molecule has 0 saturated carbocycles. The van der Waals surface area contributed by atoms with Crippen LogP contribution < -0.4 is 0 Å². The van der Waals surface area contributed by atoms with E-state index in [2.05, 4.69) is 18.2 Å². The molecular formula is C15H26O3. The van der Waals surface area contributed by atoms with Crippen molar-refractivity contribution in [3.05, 3.63) is 24.3 Å². The minimum Gasteiger partial charge on any atom is -0.396 e. The Bertz CT molecular complexity index is 230. The van der Waals surface area contributed by atoms with Crippen molar-refractivity contribution < 1.29 is 14.6 Å². The van der Waals surface area contributed by atoms with Gasteiger partial charge in [-0.15, -0.1) is 0 Å². The molecule has 1 atom stereocenters. The Morgan fingerprint density at radius 3 is 2.67 bits per heavy atom. The van der Waals surface area contributed by atoms with Gasteiger partial charge < -0.3 is 14.6 Å². The number of hydrogen-bond acceptors (Lipinski definition) is 3. The lowest BCUT2D eigenvalue weighted by Gasteiger charge is -2.22. The minimum absolute atomic E-state index is 0.0455. The van der Waals surface area contributed by atoms with E-state index in [-0.39, 0.29) is 12.9 Å². The van der Waals surface area contributed by atoms with Crippen LogP contribution in [0.3, 0.4) is 0 Å². The summed E-state index contributed by atoms with van der Waals surface area (Å²) in [4.78, 5) is 0. The SMILES string of the molecule is OCC/C=C\C/C=C\CCCOC1CCCCO1. The predicted molar refractivity (Wildman–Crippen MR) is 73.4 cm³/mol. The first-order chi connectivity index (χ1) is 8.93. The number of hydrogen-bond donors (Lipinski definition) is 1. The van der Waals surface area contributed by atoms with Gasteiger partial charge in [-0.2, -0.15) is 0 Å². The van der Waals surface area contributed by atoms with Crippen molar-refractivity contribution in [1.82, 2.24) is 0 Å². The van der Waals surface area contributed by atoms with Crippen LogP contribution in [0.1, 0.15) is 44.9 Å². The summed E-state index contributed by atoms with van der Waals surface area (Å²) in [5.41, 5.74) is 0. The number of rotatable bonds is 9. The molecule has 1 fully saturated rings. The second-order valence-corrected chi connectivity index (χ2v) is 4.50. The molecule has 3 heteroatoms. The first kappa shape index (κ1) is 15.4. The quantitative estimate of drug-likeness (QED) is 0.507. The fourth-order valence-electron chi connectivity index (χ4n) is 1.84. The van der Waals surface area contributed by atoms with E-state index in [1.54, 1.807) is 0 Å². The van der Waals surface area contributed by atoms with Crippen LogP contribution in [0.25, 0.3) is 0 Å². The lowest BCUT2D eigenvalue weighted by molar-refractivity contribution is -0.162. The normalized spacial score (nSPS) is 21.1. The first-order valence-electron chi connectivity index (χ1n) is 7.07. The van der Waals surface area contributed by atoms with Crippen LogP contribution in [-0.2, 0) is 9.47 Å². The molecule has 1 aliphatic heterocycles. The van der Waals surface area contributed by atoms with Gasteiger partial charge >= 0.3 is 0 Å². The summed E-state index contributed by atoms with van der Waals surface area (Å²) in [7, 11) is 0. The standard InChI is InChI=1S/C15H26O3/c16-12-8-5-3-1-2-4-6-9-13-17-15-11-7-10-14-18-15/h2-5,15-16H,1,6-14H2/b4-2-,5-3-. The molecule has 1 saturated heterocycles. The molecule has 0 aromatic heterocycles. The Balaban J connectivity index is 1.86. The Kier molecular flexibility index (Phi) is 9.81. The minimum atomic E-state index is 0.0455. The van der Waals surface area contributed by atoms with E-state index in [9.17, 15) is 0 Å². The van der Waals surface area contributed by atoms with E-state index < -0.39 is 0 Å². The Labute approximate surface area is 110 Å². The molecule has 1 rings (SSSR count). The molecule has 0 bridgehead atoms. The van der Waals surface area contributed by atoms with E-state index in [1.165, 1.54) is 12.8 Å². The zero-order valence-electron chi connectivity index (χ0n) is 11.2. The molecule has 18 heavy (non-hydrogen) atoms. The molecule has 1 N–H and O–H groups in total. The molecule has 0 aliphatic carbocycles. The molecule has 0 aromatic rings. The second-order valence-electron chi connectivity index (χ2n) is 4.50. The third-order valence-corrected chi connectivity index (χ3v) is 2.86. The van der Waals surface area contributed by atoms with E-state index in [4.69, 9.17) is 14.6 Å². The van der Waals surface area contributed by atoms with E-state index in [1.807, 2.05) is 6.08 Å². The molecule has 1 heterocycles. The van der Waals surface area contributed by atoms with Gasteiger partial charge in [-0.3, -0.25) is 0 Å². The van der Waals surface area contributed by atoms with E-state index in [0.717, 1.165) is 45.3 Å². The molecule has 0 amide bonds. The van der Waals surface area contributed by atoms with Gasteiger partial charge in [0.1, 0.15) is 0 Å². The van der Waals surface area contributed by atoms with E-state index in [0.29, 0.717) is 0 Å². The van der Waals surface area contributed by atoms with Crippen LogP contribution in [0.2, 0.25) is 0 Å². The topological polar surface area (TPSA) is 38.7 Å². The largest absolute Gasteiger partial charge is 0.396 e. The third kappa shape index (κ3) is 8.45. The number of aliphatic hydroxyl groups is 1. The average Bonchev–Trinajstić information content (AvgIpc) is 2.42. The molecule has 0 aromatic carbocycles. The summed E-state index contributed by atoms with van der Waals surface area (Å²) < 4.78 is 11.1. The highest BCUT2D eigenvalue weighted by molar-refractivity contribution is 4.92. The van der Waals surface area contributed by atoms with Gasteiger partial charge in [0, 0.05) is 13.2 Å². The van der Waals surface area contributed by atoms with Crippen molar-refractivity contribution in [3.63, 3.8) is 0 Å². The second kappa shape index (κ2) is 11.5. The predicted octanol–water partition coefficient (Wildman–Crippen LogP) is 3.19. The summed E-state index contributed by atoms with van der Waals surface area (Å²) in [6.45, 7) is 1.88. The molecule has 1 aliphatic rings. The monoisotopic (exact) mass is 254 g/mol. The zero-order valence-corrected chi connectivity index (χ0v) is 11.2. The molecule has 0 spiro atoms. The molecule has 1 unspecified atom stereocenters. The molecular weight excluding hydrogens is 228 g/mol. The number of aliphatic hydroxyl groups excluding tert-OH is 1. The van der Waals surface area contributed by atoms with Crippen molar-refractivity contribution >= 4 is 0 Å². The number of ether oxygens (including phenoxy) is 2. The van der Waals surface area contributed by atoms with Gasteiger partial charge in [-0.1, -0.05) is 24.3 Å². The third-order valence-electron chi connectivity index (χ3n) is 2.86. The fourth-order valence-corrected chi connectivity index (χ4v) is 1.84. The van der Waals surface area contributed by atoms with Gasteiger partial charge in [-0.25, -0.2) is 0 Å². The Morgan fingerprint density at radius 1 is 1.11 bits per heavy atom. The lowest BCUT2D eigenvalue weighted by Crippen LogP contribution is -2.22. The summed E-state index contributed by atoms with van der Waals surface area (Å²) in [5.74, 6) is 0. The number of allylic oxidation sites excluding steroid dienone is 3. The summed E-state index contributed by atoms with van der Waals surface area (Å²) in [5, 5.41) is 8.58. The van der Waals surface area contributed by atoms with Gasteiger partial charge in [0.15, 0.2) is 6.29 Å². The molecule has 104 valence electrons. The highest BCUT2D eigenvalue weighted by Crippen LogP contribution is 2.13. The summed E-state index contributed by atoms with van der Waals surface area (Å²) >= 11 is 0. The van der Waals surface area contributed by atoms with Crippen LogP contribution in [0, 0.1) is 0 Å². The Morgan fingerprint density at radius 2 is 1.94 bits per heavy atom. The van der Waals surface area contributed by atoms with Crippen molar-refractivity contribution in [3.8, 4) is 0 Å².